The molecule has 2 atom stereocenters. The first-order chi connectivity index (χ1) is 9.13. The van der Waals surface area contributed by atoms with Gasteiger partial charge in [0.15, 0.2) is 0 Å². The summed E-state index contributed by atoms with van der Waals surface area (Å²) in [7, 11) is 0. The third kappa shape index (κ3) is 3.14. The largest absolute Gasteiger partial charge is 0.395 e. The lowest BCUT2D eigenvalue weighted by atomic mass is 9.97. The summed E-state index contributed by atoms with van der Waals surface area (Å²) in [6.45, 7) is 6.59. The van der Waals surface area contributed by atoms with E-state index in [0.717, 1.165) is 0 Å². The van der Waals surface area contributed by atoms with Crippen molar-refractivity contribution in [1.82, 2.24) is 5.32 Å². The number of aliphatic hydroxyl groups excluding tert-OH is 1. The van der Waals surface area contributed by atoms with Crippen molar-refractivity contribution in [2.45, 2.75) is 32.9 Å². The van der Waals surface area contributed by atoms with Crippen LogP contribution in [0.5, 0.6) is 0 Å². The minimum absolute atomic E-state index is 0.133. The molecule has 0 heterocycles. The first-order valence-corrected chi connectivity index (χ1v) is 6.98. The van der Waals surface area contributed by atoms with Crippen molar-refractivity contribution in [3.8, 4) is 0 Å². The minimum atomic E-state index is 0.133. The van der Waals surface area contributed by atoms with E-state index in [9.17, 15) is 5.11 Å². The fourth-order valence-electron chi connectivity index (χ4n) is 2.49. The van der Waals surface area contributed by atoms with E-state index in [1.165, 1.54) is 16.3 Å². The number of aliphatic hydroxyl groups is 1. The van der Waals surface area contributed by atoms with E-state index in [2.05, 4.69) is 68.6 Å². The van der Waals surface area contributed by atoms with Crippen molar-refractivity contribution in [3.05, 3.63) is 48.0 Å². The number of rotatable bonds is 5. The van der Waals surface area contributed by atoms with Gasteiger partial charge in [-0.3, -0.25) is 0 Å². The average Bonchev–Trinajstić information content (AvgIpc) is 2.43. The zero-order chi connectivity index (χ0) is 13.8. The number of hydrogen-bond donors (Lipinski definition) is 2. The molecule has 0 saturated carbocycles. The molecule has 0 saturated heterocycles. The van der Waals surface area contributed by atoms with E-state index in [4.69, 9.17) is 0 Å². The summed E-state index contributed by atoms with van der Waals surface area (Å²) in [5.41, 5.74) is 1.29. The molecule has 0 spiro atoms. The molecule has 0 fully saturated rings. The Kier molecular flexibility index (Phi) is 4.56. The Bertz CT molecular complexity index is 530. The van der Waals surface area contributed by atoms with Gasteiger partial charge >= 0.3 is 0 Å². The SMILES string of the molecule is CC(N[C@H](CO)C(C)C)c1cccc2ccccc12. The second-order valence-corrected chi connectivity index (χ2v) is 5.49. The number of fused-ring (bicyclic) bond motifs is 1. The van der Waals surface area contributed by atoms with Gasteiger partial charge in [-0.25, -0.2) is 0 Å². The van der Waals surface area contributed by atoms with Gasteiger partial charge in [-0.1, -0.05) is 56.3 Å². The first-order valence-electron chi connectivity index (χ1n) is 6.98. The summed E-state index contributed by atoms with van der Waals surface area (Å²) < 4.78 is 0. The molecule has 1 unspecified atom stereocenters. The molecule has 0 aliphatic heterocycles. The highest BCUT2D eigenvalue weighted by molar-refractivity contribution is 5.86. The van der Waals surface area contributed by atoms with E-state index in [-0.39, 0.29) is 18.7 Å². The maximum atomic E-state index is 9.44. The highest BCUT2D eigenvalue weighted by atomic mass is 16.3. The molecule has 102 valence electrons. The highest BCUT2D eigenvalue weighted by Gasteiger charge is 2.16. The molecule has 2 N–H and O–H groups in total. The van der Waals surface area contributed by atoms with E-state index < -0.39 is 0 Å². The van der Waals surface area contributed by atoms with Gasteiger partial charge in [0.1, 0.15) is 0 Å². The molecule has 2 aromatic rings. The van der Waals surface area contributed by atoms with Gasteiger partial charge in [0.25, 0.3) is 0 Å². The molecule has 0 radical (unpaired) electrons. The zero-order valence-corrected chi connectivity index (χ0v) is 11.9. The molecule has 0 aliphatic rings. The Morgan fingerprint density at radius 1 is 1.00 bits per heavy atom. The van der Waals surface area contributed by atoms with Crippen LogP contribution in [-0.2, 0) is 0 Å². The van der Waals surface area contributed by atoms with Crippen molar-refractivity contribution >= 4 is 10.8 Å². The molecular formula is C17H23NO. The summed E-state index contributed by atoms with van der Waals surface area (Å²) in [6.07, 6.45) is 0. The van der Waals surface area contributed by atoms with E-state index in [1.54, 1.807) is 0 Å². The number of nitrogens with one attached hydrogen (secondary N) is 1. The lowest BCUT2D eigenvalue weighted by Crippen LogP contribution is -2.38. The summed E-state index contributed by atoms with van der Waals surface area (Å²) >= 11 is 0. The van der Waals surface area contributed by atoms with Crippen molar-refractivity contribution in [2.24, 2.45) is 5.92 Å². The predicted octanol–water partition coefficient (Wildman–Crippen LogP) is 3.51. The Hall–Kier alpha value is -1.38. The van der Waals surface area contributed by atoms with Crippen molar-refractivity contribution in [3.63, 3.8) is 0 Å². The van der Waals surface area contributed by atoms with Gasteiger partial charge in [0.2, 0.25) is 0 Å². The van der Waals surface area contributed by atoms with Crippen LogP contribution in [-0.4, -0.2) is 17.8 Å². The van der Waals surface area contributed by atoms with Crippen molar-refractivity contribution < 1.29 is 5.11 Å². The Balaban J connectivity index is 2.28. The Labute approximate surface area is 115 Å². The first kappa shape index (κ1) is 14.0. The van der Waals surface area contributed by atoms with Gasteiger partial charge in [0, 0.05) is 12.1 Å². The normalized spacial score (nSPS) is 14.8. The van der Waals surface area contributed by atoms with Gasteiger partial charge in [-0.15, -0.1) is 0 Å². The maximum absolute atomic E-state index is 9.44. The van der Waals surface area contributed by atoms with Crippen LogP contribution in [0.15, 0.2) is 42.5 Å². The van der Waals surface area contributed by atoms with Crippen LogP contribution in [0.4, 0.5) is 0 Å². The maximum Gasteiger partial charge on any atom is 0.0587 e. The van der Waals surface area contributed by atoms with Crippen LogP contribution in [0.1, 0.15) is 32.4 Å². The second kappa shape index (κ2) is 6.18. The fourth-order valence-corrected chi connectivity index (χ4v) is 2.49. The average molecular weight is 257 g/mol. The lowest BCUT2D eigenvalue weighted by molar-refractivity contribution is 0.201. The standard InChI is InChI=1S/C17H23NO/c1-12(2)17(11-19)18-13(3)15-10-6-8-14-7-4-5-9-16(14)15/h4-10,12-13,17-19H,11H2,1-3H3/t13?,17-/m1/s1. The van der Waals surface area contributed by atoms with E-state index >= 15 is 0 Å². The topological polar surface area (TPSA) is 32.3 Å². The molecule has 0 bridgehead atoms. The zero-order valence-electron chi connectivity index (χ0n) is 11.9. The molecule has 0 amide bonds. The minimum Gasteiger partial charge on any atom is -0.395 e. The molecule has 2 aromatic carbocycles. The van der Waals surface area contributed by atoms with E-state index in [1.807, 2.05) is 0 Å². The van der Waals surface area contributed by atoms with Gasteiger partial charge in [-0.05, 0) is 29.2 Å². The van der Waals surface area contributed by atoms with Crippen molar-refractivity contribution in [1.29, 1.82) is 0 Å². The molecule has 0 aromatic heterocycles. The van der Waals surface area contributed by atoms with Gasteiger partial charge in [0.05, 0.1) is 6.61 Å². The third-order valence-corrected chi connectivity index (χ3v) is 3.76. The van der Waals surface area contributed by atoms with Gasteiger partial charge in [-0.2, -0.15) is 0 Å². The summed E-state index contributed by atoms with van der Waals surface area (Å²) in [5, 5.41) is 15.5. The van der Waals surface area contributed by atoms with E-state index in [0.29, 0.717) is 5.92 Å². The Morgan fingerprint density at radius 3 is 2.37 bits per heavy atom. The predicted molar refractivity (Wildman–Crippen MR) is 81.2 cm³/mol. The highest BCUT2D eigenvalue weighted by Crippen LogP contribution is 2.24. The fraction of sp³-hybridized carbons (Fsp3) is 0.412. The molecule has 2 heteroatoms. The van der Waals surface area contributed by atoms with Crippen LogP contribution in [0.3, 0.4) is 0 Å². The monoisotopic (exact) mass is 257 g/mol. The Morgan fingerprint density at radius 2 is 1.68 bits per heavy atom. The van der Waals surface area contributed by atoms with Crippen LogP contribution in [0.25, 0.3) is 10.8 Å². The summed E-state index contributed by atoms with van der Waals surface area (Å²) in [4.78, 5) is 0. The molecular weight excluding hydrogens is 234 g/mol. The van der Waals surface area contributed by atoms with Crippen LogP contribution < -0.4 is 5.32 Å². The molecule has 19 heavy (non-hydrogen) atoms. The molecule has 2 rings (SSSR count). The van der Waals surface area contributed by atoms with Crippen LogP contribution in [0, 0.1) is 5.92 Å². The molecule has 2 nitrogen and oxygen atoms in total. The van der Waals surface area contributed by atoms with Gasteiger partial charge < -0.3 is 10.4 Å². The summed E-state index contributed by atoms with van der Waals surface area (Å²) in [5.74, 6) is 0.419. The molecule has 0 aliphatic carbocycles. The van der Waals surface area contributed by atoms with Crippen LogP contribution >= 0.6 is 0 Å². The smallest absolute Gasteiger partial charge is 0.0587 e. The summed E-state index contributed by atoms with van der Waals surface area (Å²) in [6, 6.07) is 15.2. The quantitative estimate of drug-likeness (QED) is 0.859. The second-order valence-electron chi connectivity index (χ2n) is 5.49. The third-order valence-electron chi connectivity index (χ3n) is 3.76. The van der Waals surface area contributed by atoms with Crippen LogP contribution in [0.2, 0.25) is 0 Å². The number of hydrogen-bond acceptors (Lipinski definition) is 2. The lowest BCUT2D eigenvalue weighted by Gasteiger charge is -2.25. The number of benzene rings is 2. The van der Waals surface area contributed by atoms with Crippen molar-refractivity contribution in [2.75, 3.05) is 6.61 Å².